The van der Waals surface area contributed by atoms with Gasteiger partial charge in [0.05, 0.1) is 4.92 Å². The number of hydrogen-bond acceptors (Lipinski definition) is 4. The molecule has 0 amide bonds. The lowest BCUT2D eigenvalue weighted by Gasteiger charge is -2.38. The third-order valence-electron chi connectivity index (χ3n) is 4.14. The summed E-state index contributed by atoms with van der Waals surface area (Å²) in [5.74, 6) is 0.495. The van der Waals surface area contributed by atoms with E-state index in [1.807, 2.05) is 12.1 Å². The fraction of sp³-hybridized carbons (Fsp3) is 0.571. The molecule has 0 radical (unpaired) electrons. The van der Waals surface area contributed by atoms with Crippen LogP contribution in [0.25, 0.3) is 0 Å². The molecule has 1 saturated heterocycles. The van der Waals surface area contributed by atoms with Gasteiger partial charge in [-0.1, -0.05) is 19.1 Å². The molecule has 0 saturated carbocycles. The van der Waals surface area contributed by atoms with Gasteiger partial charge >= 0.3 is 0 Å². The molecule has 1 aromatic rings. The van der Waals surface area contributed by atoms with Gasteiger partial charge in [-0.25, -0.2) is 0 Å². The summed E-state index contributed by atoms with van der Waals surface area (Å²) >= 11 is 0. The maximum absolute atomic E-state index is 10.6. The van der Waals surface area contributed by atoms with Crippen molar-refractivity contribution in [3.05, 3.63) is 39.9 Å². The maximum Gasteiger partial charge on any atom is 0.269 e. The predicted molar refractivity (Wildman–Crippen MR) is 74.8 cm³/mol. The van der Waals surface area contributed by atoms with Crippen LogP contribution in [0.2, 0.25) is 0 Å². The Balaban J connectivity index is 2.07. The molecular weight excluding hydrogens is 242 g/mol. The zero-order valence-electron chi connectivity index (χ0n) is 11.5. The van der Waals surface area contributed by atoms with Crippen LogP contribution in [-0.2, 0) is 0 Å². The van der Waals surface area contributed by atoms with E-state index in [1.165, 1.54) is 0 Å². The average Bonchev–Trinajstić information content (AvgIpc) is 2.41. The van der Waals surface area contributed by atoms with E-state index in [1.54, 1.807) is 12.1 Å². The van der Waals surface area contributed by atoms with Crippen molar-refractivity contribution >= 4 is 5.69 Å². The number of nitrogens with zero attached hydrogens (tertiary/aromatic N) is 2. The second-order valence-corrected chi connectivity index (χ2v) is 5.45. The number of nitro groups is 1. The lowest BCUT2D eigenvalue weighted by molar-refractivity contribution is -0.384. The van der Waals surface area contributed by atoms with Gasteiger partial charge in [-0.3, -0.25) is 15.0 Å². The van der Waals surface area contributed by atoms with Crippen LogP contribution in [-0.4, -0.2) is 29.0 Å². The van der Waals surface area contributed by atoms with Crippen LogP contribution in [0.15, 0.2) is 24.3 Å². The van der Waals surface area contributed by atoms with Gasteiger partial charge < -0.3 is 5.73 Å². The monoisotopic (exact) mass is 263 g/mol. The molecule has 1 aromatic carbocycles. The lowest BCUT2D eigenvalue weighted by Crippen LogP contribution is -2.46. The molecule has 1 aliphatic heterocycles. The van der Waals surface area contributed by atoms with E-state index in [9.17, 15) is 10.1 Å². The van der Waals surface area contributed by atoms with Crippen molar-refractivity contribution in [2.45, 2.75) is 32.4 Å². The Hall–Kier alpha value is -1.46. The smallest absolute Gasteiger partial charge is 0.269 e. The third kappa shape index (κ3) is 3.11. The second kappa shape index (κ2) is 5.67. The highest BCUT2D eigenvalue weighted by atomic mass is 16.6. The molecular formula is C14H21N3O2. The van der Waals surface area contributed by atoms with Gasteiger partial charge in [0.2, 0.25) is 0 Å². The number of piperidine rings is 1. The minimum absolute atomic E-state index is 0.144. The molecule has 0 spiro atoms. The van der Waals surface area contributed by atoms with Gasteiger partial charge in [0.25, 0.3) is 5.69 Å². The number of benzene rings is 1. The minimum atomic E-state index is -0.365. The van der Waals surface area contributed by atoms with E-state index >= 15 is 0 Å². The van der Waals surface area contributed by atoms with Crippen molar-refractivity contribution in [1.29, 1.82) is 0 Å². The molecule has 104 valence electrons. The Morgan fingerprint density at radius 1 is 1.42 bits per heavy atom. The lowest BCUT2D eigenvalue weighted by atomic mass is 9.92. The molecule has 19 heavy (non-hydrogen) atoms. The van der Waals surface area contributed by atoms with Gasteiger partial charge in [0, 0.05) is 37.3 Å². The van der Waals surface area contributed by atoms with Crippen molar-refractivity contribution in [3.8, 4) is 0 Å². The molecule has 2 rings (SSSR count). The van der Waals surface area contributed by atoms with Gasteiger partial charge in [-0.05, 0) is 24.8 Å². The van der Waals surface area contributed by atoms with Crippen LogP contribution in [0.3, 0.4) is 0 Å². The van der Waals surface area contributed by atoms with Crippen LogP contribution in [0.1, 0.15) is 31.9 Å². The van der Waals surface area contributed by atoms with Crippen molar-refractivity contribution in [2.75, 3.05) is 13.1 Å². The van der Waals surface area contributed by atoms with Crippen LogP contribution in [0.5, 0.6) is 0 Å². The highest BCUT2D eigenvalue weighted by molar-refractivity contribution is 5.34. The Bertz CT molecular complexity index is 447. The molecule has 5 heteroatoms. The van der Waals surface area contributed by atoms with E-state index in [4.69, 9.17) is 5.73 Å². The highest BCUT2D eigenvalue weighted by Crippen LogP contribution is 2.27. The molecule has 3 unspecified atom stereocenters. The Labute approximate surface area is 113 Å². The molecule has 2 N–H and O–H groups in total. The third-order valence-corrected chi connectivity index (χ3v) is 4.14. The Kier molecular flexibility index (Phi) is 4.17. The van der Waals surface area contributed by atoms with Crippen LogP contribution in [0, 0.1) is 16.0 Å². The SMILES string of the molecule is CC1CN(C(C)c2ccc([N+](=O)[O-])cc2)CCC1N. The predicted octanol–water partition coefficient (Wildman–Crippen LogP) is 2.32. The van der Waals surface area contributed by atoms with Gasteiger partial charge in [0.1, 0.15) is 0 Å². The first kappa shape index (κ1) is 14.0. The summed E-state index contributed by atoms with van der Waals surface area (Å²) < 4.78 is 0. The quantitative estimate of drug-likeness (QED) is 0.671. The van der Waals surface area contributed by atoms with Crippen molar-refractivity contribution in [2.24, 2.45) is 11.7 Å². The molecule has 0 bridgehead atoms. The first-order valence-electron chi connectivity index (χ1n) is 6.73. The molecule has 0 aromatic heterocycles. The number of nitro benzene ring substituents is 1. The van der Waals surface area contributed by atoms with E-state index in [0.29, 0.717) is 12.0 Å². The normalized spacial score (nSPS) is 26.1. The Morgan fingerprint density at radius 2 is 2.05 bits per heavy atom. The summed E-state index contributed by atoms with van der Waals surface area (Å²) in [4.78, 5) is 12.7. The van der Waals surface area contributed by atoms with Crippen molar-refractivity contribution < 1.29 is 4.92 Å². The molecule has 1 aliphatic rings. The fourth-order valence-corrected chi connectivity index (χ4v) is 2.63. The second-order valence-electron chi connectivity index (χ2n) is 5.45. The van der Waals surface area contributed by atoms with Gasteiger partial charge in [0.15, 0.2) is 0 Å². The molecule has 3 atom stereocenters. The summed E-state index contributed by atoms with van der Waals surface area (Å²) in [6, 6.07) is 7.41. The first-order valence-corrected chi connectivity index (χ1v) is 6.73. The standard InChI is InChI=1S/C14H21N3O2/c1-10-9-16(8-7-14(10)15)11(2)12-3-5-13(6-4-12)17(18)19/h3-6,10-11,14H,7-9,15H2,1-2H3. The zero-order chi connectivity index (χ0) is 14.0. The molecule has 5 nitrogen and oxygen atoms in total. The van der Waals surface area contributed by atoms with Crippen LogP contribution < -0.4 is 5.73 Å². The van der Waals surface area contributed by atoms with Gasteiger partial charge in [-0.2, -0.15) is 0 Å². The van der Waals surface area contributed by atoms with E-state index in [-0.39, 0.29) is 16.7 Å². The number of likely N-dealkylation sites (tertiary alicyclic amines) is 1. The number of rotatable bonds is 3. The number of hydrogen-bond donors (Lipinski definition) is 1. The van der Waals surface area contributed by atoms with E-state index in [2.05, 4.69) is 18.7 Å². The first-order chi connectivity index (χ1) is 8.99. The van der Waals surface area contributed by atoms with Crippen LogP contribution >= 0.6 is 0 Å². The maximum atomic E-state index is 10.6. The summed E-state index contributed by atoms with van der Waals surface area (Å²) in [6.07, 6.45) is 1.01. The van der Waals surface area contributed by atoms with Crippen LogP contribution in [0.4, 0.5) is 5.69 Å². The topological polar surface area (TPSA) is 72.4 Å². The summed E-state index contributed by atoms with van der Waals surface area (Å²) in [7, 11) is 0. The number of nitrogens with two attached hydrogens (primary N) is 1. The van der Waals surface area contributed by atoms with Crippen molar-refractivity contribution in [3.63, 3.8) is 0 Å². The average molecular weight is 263 g/mol. The van der Waals surface area contributed by atoms with E-state index < -0.39 is 0 Å². The molecule has 1 heterocycles. The molecule has 1 fully saturated rings. The largest absolute Gasteiger partial charge is 0.327 e. The van der Waals surface area contributed by atoms with E-state index in [0.717, 1.165) is 25.1 Å². The molecule has 0 aliphatic carbocycles. The zero-order valence-corrected chi connectivity index (χ0v) is 11.5. The summed E-state index contributed by atoms with van der Waals surface area (Å²) in [5, 5.41) is 10.6. The Morgan fingerprint density at radius 3 is 2.58 bits per heavy atom. The van der Waals surface area contributed by atoms with Gasteiger partial charge in [-0.15, -0.1) is 0 Å². The minimum Gasteiger partial charge on any atom is -0.327 e. The summed E-state index contributed by atoms with van der Waals surface area (Å²) in [6.45, 7) is 6.30. The number of non-ortho nitro benzene ring substituents is 1. The summed E-state index contributed by atoms with van der Waals surface area (Å²) in [5.41, 5.74) is 7.29. The van der Waals surface area contributed by atoms with Crippen molar-refractivity contribution in [1.82, 2.24) is 4.90 Å². The fourth-order valence-electron chi connectivity index (χ4n) is 2.63. The highest BCUT2D eigenvalue weighted by Gasteiger charge is 2.26.